The lowest BCUT2D eigenvalue weighted by Gasteiger charge is -1.94. The van der Waals surface area contributed by atoms with E-state index in [4.69, 9.17) is 5.11 Å². The van der Waals surface area contributed by atoms with Crippen molar-refractivity contribution in [2.45, 2.75) is 64.7 Å². The molecule has 0 aliphatic carbocycles. The number of hydrogen-bond acceptors (Lipinski definition) is 2. The second-order valence-electron chi connectivity index (χ2n) is 5.74. The van der Waals surface area contributed by atoms with Crippen LogP contribution in [0.2, 0.25) is 0 Å². The molecule has 0 heterocycles. The molecule has 0 spiro atoms. The molecule has 0 atom stereocenters. The van der Waals surface area contributed by atoms with Crippen molar-refractivity contribution in [2.75, 3.05) is 0 Å². The van der Waals surface area contributed by atoms with Gasteiger partial charge in [-0.25, -0.2) is 0 Å². The number of carbonyl (C=O) groups excluding carboxylic acids is 1. The maximum atomic E-state index is 11.4. The first-order valence-electron chi connectivity index (χ1n) is 9.19. The van der Waals surface area contributed by atoms with Gasteiger partial charge in [-0.05, 0) is 44.6 Å². The van der Waals surface area contributed by atoms with Crippen molar-refractivity contribution < 1.29 is 14.7 Å². The first kappa shape index (κ1) is 22.8. The standard InChI is InChI=1S/C22H32O3/c1-2-3-15-18-21(23)19-16-13-11-9-7-5-4-6-8-10-12-14-17-20-22(24)25/h3,5-8,11,13,15-16,19H,2,4,9-10,12,14,17-18,20H2,1H3,(H,24,25)/b7-5+,8-6+,13-11+,15-3+,19-16+. The summed E-state index contributed by atoms with van der Waals surface area (Å²) in [4.78, 5) is 21.8. The summed E-state index contributed by atoms with van der Waals surface area (Å²) < 4.78 is 0. The Morgan fingerprint density at radius 1 is 0.800 bits per heavy atom. The average Bonchev–Trinajstić information content (AvgIpc) is 2.58. The van der Waals surface area contributed by atoms with Crippen molar-refractivity contribution in [2.24, 2.45) is 0 Å². The normalized spacial score (nSPS) is 12.5. The van der Waals surface area contributed by atoms with E-state index in [1.807, 2.05) is 31.2 Å². The Labute approximate surface area is 152 Å². The molecule has 0 radical (unpaired) electrons. The Bertz CT molecular complexity index is 493. The van der Waals surface area contributed by atoms with Crippen molar-refractivity contribution in [3.63, 3.8) is 0 Å². The lowest BCUT2D eigenvalue weighted by molar-refractivity contribution is -0.137. The Morgan fingerprint density at radius 2 is 1.52 bits per heavy atom. The predicted molar refractivity (Wildman–Crippen MR) is 106 cm³/mol. The van der Waals surface area contributed by atoms with Crippen molar-refractivity contribution in [1.82, 2.24) is 0 Å². The summed E-state index contributed by atoms with van der Waals surface area (Å²) in [6, 6.07) is 0. The minimum absolute atomic E-state index is 0.123. The topological polar surface area (TPSA) is 54.4 Å². The number of carboxylic acids is 1. The van der Waals surface area contributed by atoms with Gasteiger partial charge in [0, 0.05) is 12.8 Å². The van der Waals surface area contributed by atoms with E-state index in [2.05, 4.69) is 24.3 Å². The van der Waals surface area contributed by atoms with Gasteiger partial charge in [0.15, 0.2) is 5.78 Å². The molecule has 3 heteroatoms. The van der Waals surface area contributed by atoms with E-state index >= 15 is 0 Å². The first-order chi connectivity index (χ1) is 12.2. The van der Waals surface area contributed by atoms with Crippen LogP contribution in [0.5, 0.6) is 0 Å². The number of carboxylic acid groups (broad SMARTS) is 1. The molecule has 0 aromatic carbocycles. The quantitative estimate of drug-likeness (QED) is 0.173. The highest BCUT2D eigenvalue weighted by atomic mass is 16.4. The van der Waals surface area contributed by atoms with Crippen LogP contribution in [-0.2, 0) is 9.59 Å². The molecule has 0 fully saturated rings. The Balaban J connectivity index is 3.58. The summed E-state index contributed by atoms with van der Waals surface area (Å²) in [6.45, 7) is 2.05. The number of carbonyl (C=O) groups is 2. The van der Waals surface area contributed by atoms with E-state index < -0.39 is 5.97 Å². The number of aliphatic carboxylic acids is 1. The third kappa shape index (κ3) is 19.8. The van der Waals surface area contributed by atoms with Crippen molar-refractivity contribution in [1.29, 1.82) is 0 Å². The second-order valence-corrected chi connectivity index (χ2v) is 5.74. The summed E-state index contributed by atoms with van der Waals surface area (Å²) >= 11 is 0. The van der Waals surface area contributed by atoms with Gasteiger partial charge >= 0.3 is 5.97 Å². The molecule has 0 aliphatic heterocycles. The summed E-state index contributed by atoms with van der Waals surface area (Å²) in [6.07, 6.45) is 27.1. The van der Waals surface area contributed by atoms with Crippen LogP contribution in [0.15, 0.2) is 60.8 Å². The third-order valence-corrected chi connectivity index (χ3v) is 3.39. The van der Waals surface area contributed by atoms with Gasteiger partial charge in [0.05, 0.1) is 0 Å². The van der Waals surface area contributed by atoms with Gasteiger partial charge in [-0.15, -0.1) is 0 Å². The largest absolute Gasteiger partial charge is 0.481 e. The zero-order valence-corrected chi connectivity index (χ0v) is 15.4. The summed E-state index contributed by atoms with van der Waals surface area (Å²) in [5, 5.41) is 8.52. The molecule has 0 rings (SSSR count). The van der Waals surface area contributed by atoms with Crippen LogP contribution in [0.1, 0.15) is 64.7 Å². The number of ketones is 1. The number of hydrogen-bond donors (Lipinski definition) is 1. The van der Waals surface area contributed by atoms with Crippen molar-refractivity contribution in [3.05, 3.63) is 60.8 Å². The molecule has 0 unspecified atom stereocenters. The zero-order valence-electron chi connectivity index (χ0n) is 15.4. The molecule has 25 heavy (non-hydrogen) atoms. The molecule has 138 valence electrons. The Morgan fingerprint density at radius 3 is 2.24 bits per heavy atom. The molecule has 0 aromatic heterocycles. The smallest absolute Gasteiger partial charge is 0.303 e. The fourth-order valence-corrected chi connectivity index (χ4v) is 2.03. The van der Waals surface area contributed by atoms with Crippen LogP contribution in [0.3, 0.4) is 0 Å². The molecule has 3 nitrogen and oxygen atoms in total. The Hall–Kier alpha value is -2.16. The summed E-state index contributed by atoms with van der Waals surface area (Å²) in [5.41, 5.74) is 0. The first-order valence-corrected chi connectivity index (χ1v) is 9.19. The van der Waals surface area contributed by atoms with Gasteiger partial charge in [0.2, 0.25) is 0 Å². The third-order valence-electron chi connectivity index (χ3n) is 3.39. The van der Waals surface area contributed by atoms with E-state index in [0.717, 1.165) is 44.9 Å². The molecular weight excluding hydrogens is 312 g/mol. The summed E-state index contributed by atoms with van der Waals surface area (Å²) in [5.74, 6) is -0.584. The molecule has 1 N–H and O–H groups in total. The molecular formula is C22H32O3. The fourth-order valence-electron chi connectivity index (χ4n) is 2.03. The van der Waals surface area contributed by atoms with Crippen LogP contribution in [0.25, 0.3) is 0 Å². The van der Waals surface area contributed by atoms with E-state index in [-0.39, 0.29) is 12.2 Å². The maximum absolute atomic E-state index is 11.4. The molecule has 0 bridgehead atoms. The molecule has 0 amide bonds. The van der Waals surface area contributed by atoms with Crippen LogP contribution in [0.4, 0.5) is 0 Å². The van der Waals surface area contributed by atoms with Crippen molar-refractivity contribution in [3.8, 4) is 0 Å². The molecule has 0 aromatic rings. The average molecular weight is 344 g/mol. The summed E-state index contributed by atoms with van der Waals surface area (Å²) in [7, 11) is 0. The fraction of sp³-hybridized carbons (Fsp3) is 0.455. The maximum Gasteiger partial charge on any atom is 0.303 e. The highest BCUT2D eigenvalue weighted by molar-refractivity contribution is 5.90. The van der Waals surface area contributed by atoms with Crippen LogP contribution >= 0.6 is 0 Å². The molecule has 0 aliphatic rings. The van der Waals surface area contributed by atoms with E-state index in [1.165, 1.54) is 0 Å². The van der Waals surface area contributed by atoms with Gasteiger partial charge < -0.3 is 5.11 Å². The second kappa shape index (κ2) is 18.2. The predicted octanol–water partition coefficient (Wildman–Crippen LogP) is 5.95. The number of unbranched alkanes of at least 4 members (excludes halogenated alkanes) is 3. The number of rotatable bonds is 15. The van der Waals surface area contributed by atoms with Crippen LogP contribution in [-0.4, -0.2) is 16.9 Å². The lowest BCUT2D eigenvalue weighted by atomic mass is 10.1. The highest BCUT2D eigenvalue weighted by Crippen LogP contribution is 2.04. The van der Waals surface area contributed by atoms with Crippen LogP contribution in [0, 0.1) is 0 Å². The van der Waals surface area contributed by atoms with Gasteiger partial charge in [0.1, 0.15) is 0 Å². The lowest BCUT2D eigenvalue weighted by Crippen LogP contribution is -1.93. The van der Waals surface area contributed by atoms with Gasteiger partial charge in [-0.2, -0.15) is 0 Å². The molecule has 0 saturated heterocycles. The monoisotopic (exact) mass is 344 g/mol. The Kier molecular flexibility index (Phi) is 16.6. The van der Waals surface area contributed by atoms with Crippen LogP contribution < -0.4 is 0 Å². The van der Waals surface area contributed by atoms with E-state index in [0.29, 0.717) is 6.42 Å². The highest BCUT2D eigenvalue weighted by Gasteiger charge is 1.94. The van der Waals surface area contributed by atoms with E-state index in [1.54, 1.807) is 12.2 Å². The minimum atomic E-state index is -0.707. The van der Waals surface area contributed by atoms with Gasteiger partial charge in [-0.3, -0.25) is 9.59 Å². The van der Waals surface area contributed by atoms with Gasteiger partial charge in [-0.1, -0.05) is 68.0 Å². The zero-order chi connectivity index (χ0) is 18.6. The van der Waals surface area contributed by atoms with Crippen molar-refractivity contribution >= 4 is 11.8 Å². The molecule has 0 saturated carbocycles. The van der Waals surface area contributed by atoms with E-state index in [9.17, 15) is 9.59 Å². The van der Waals surface area contributed by atoms with Gasteiger partial charge in [0.25, 0.3) is 0 Å². The number of allylic oxidation sites excluding steroid dienone is 10. The SMILES string of the molecule is CC/C=C/CC(=O)/C=C/C=C/C/C=C/C/C=C/CCCCCC(=O)O. The minimum Gasteiger partial charge on any atom is -0.481 e.